The second-order valence-electron chi connectivity index (χ2n) is 4.29. The second-order valence-corrected chi connectivity index (χ2v) is 6.38. The molecule has 24 heavy (non-hydrogen) atoms. The normalized spacial score (nSPS) is 12.0. The maximum Gasteiger partial charge on any atom is 0.417 e. The van der Waals surface area contributed by atoms with Crippen molar-refractivity contribution in [3.8, 4) is 0 Å². The van der Waals surface area contributed by atoms with Gasteiger partial charge in [0.2, 0.25) is 0 Å². The first-order chi connectivity index (χ1) is 11.1. The van der Waals surface area contributed by atoms with E-state index < -0.39 is 37.6 Å². The van der Waals surface area contributed by atoms with E-state index in [9.17, 15) is 26.4 Å². The van der Waals surface area contributed by atoms with Gasteiger partial charge in [0.25, 0.3) is 15.9 Å². The number of nitrogens with one attached hydrogen (secondary N) is 2. The van der Waals surface area contributed by atoms with E-state index >= 15 is 0 Å². The summed E-state index contributed by atoms with van der Waals surface area (Å²) in [7, 11) is -4.45. The molecule has 7 nitrogen and oxygen atoms in total. The molecule has 2 N–H and O–H groups in total. The van der Waals surface area contributed by atoms with Crippen molar-refractivity contribution in [3.63, 3.8) is 0 Å². The van der Waals surface area contributed by atoms with Gasteiger partial charge in [0.15, 0.2) is 0 Å². The largest absolute Gasteiger partial charge is 0.417 e. The number of nitrogens with zero attached hydrogens (tertiary/aromatic N) is 2. The highest BCUT2D eigenvalue weighted by Crippen LogP contribution is 2.35. The van der Waals surface area contributed by atoms with Gasteiger partial charge in [-0.25, -0.2) is 13.4 Å². The summed E-state index contributed by atoms with van der Waals surface area (Å²) >= 11 is 5.42. The highest BCUT2D eigenvalue weighted by Gasteiger charge is 2.34. The Morgan fingerprint density at radius 1 is 1.21 bits per heavy atom. The molecule has 0 spiro atoms. The predicted octanol–water partition coefficient (Wildman–Crippen LogP) is 1.77. The van der Waals surface area contributed by atoms with Crippen molar-refractivity contribution in [1.29, 1.82) is 0 Å². The van der Waals surface area contributed by atoms with E-state index in [0.29, 0.717) is 6.07 Å². The van der Waals surface area contributed by atoms with Gasteiger partial charge in [-0.2, -0.15) is 13.2 Å². The molecule has 0 unspecified atom stereocenters. The van der Waals surface area contributed by atoms with Gasteiger partial charge in [-0.3, -0.25) is 15.2 Å². The smallest absolute Gasteiger partial charge is 0.272 e. The number of carbonyl (C=O) groups excluding carboxylic acids is 1. The lowest BCUT2D eigenvalue weighted by molar-refractivity contribution is -0.137. The number of halogens is 4. The molecule has 0 bridgehead atoms. The first-order valence-electron chi connectivity index (χ1n) is 6.06. The Kier molecular flexibility index (Phi) is 5.06. The van der Waals surface area contributed by atoms with E-state index in [1.807, 2.05) is 5.43 Å². The van der Waals surface area contributed by atoms with Gasteiger partial charge >= 0.3 is 6.18 Å². The van der Waals surface area contributed by atoms with Crippen LogP contribution < -0.4 is 10.3 Å². The van der Waals surface area contributed by atoms with Crippen LogP contribution in [0.4, 0.5) is 13.2 Å². The zero-order chi connectivity index (χ0) is 18.0. The molecule has 2 rings (SSSR count). The highest BCUT2D eigenvalue weighted by molar-refractivity contribution is 7.89. The van der Waals surface area contributed by atoms with E-state index in [2.05, 4.69) is 9.97 Å². The monoisotopic (exact) mass is 380 g/mol. The Balaban J connectivity index is 2.21. The van der Waals surface area contributed by atoms with Crippen LogP contribution in [0.25, 0.3) is 0 Å². The number of alkyl halides is 3. The van der Waals surface area contributed by atoms with Gasteiger partial charge < -0.3 is 0 Å². The van der Waals surface area contributed by atoms with Crippen LogP contribution >= 0.6 is 11.6 Å². The molecule has 0 aliphatic heterocycles. The third-order valence-electron chi connectivity index (χ3n) is 2.65. The summed E-state index contributed by atoms with van der Waals surface area (Å²) in [4.78, 5) is 19.9. The number of hydrogen-bond donors (Lipinski definition) is 2. The van der Waals surface area contributed by atoms with Crippen LogP contribution in [0.2, 0.25) is 5.02 Å². The van der Waals surface area contributed by atoms with Crippen LogP contribution in [0.5, 0.6) is 0 Å². The van der Waals surface area contributed by atoms with Crippen LogP contribution in [0.3, 0.4) is 0 Å². The van der Waals surface area contributed by atoms with E-state index in [1.165, 1.54) is 12.4 Å². The fourth-order valence-corrected chi connectivity index (χ4v) is 2.63. The third kappa shape index (κ3) is 4.19. The lowest BCUT2D eigenvalue weighted by Crippen LogP contribution is -2.41. The second kappa shape index (κ2) is 6.71. The van der Waals surface area contributed by atoms with Crippen LogP contribution in [-0.4, -0.2) is 24.3 Å². The van der Waals surface area contributed by atoms with Crippen molar-refractivity contribution in [1.82, 2.24) is 20.2 Å². The Morgan fingerprint density at radius 2 is 1.92 bits per heavy atom. The molecule has 0 aliphatic rings. The first-order valence-corrected chi connectivity index (χ1v) is 7.92. The topological polar surface area (TPSA) is 101 Å². The summed E-state index contributed by atoms with van der Waals surface area (Å²) in [6.45, 7) is 0. The predicted molar refractivity (Wildman–Crippen MR) is 76.3 cm³/mol. The quantitative estimate of drug-likeness (QED) is 0.787. The molecule has 0 atom stereocenters. The van der Waals surface area contributed by atoms with E-state index in [-0.39, 0.29) is 5.69 Å². The first kappa shape index (κ1) is 18.1. The summed E-state index contributed by atoms with van der Waals surface area (Å²) in [5, 5.41) is -0.648. The number of sulfonamides is 1. The summed E-state index contributed by atoms with van der Waals surface area (Å²) in [5.74, 6) is -0.934. The van der Waals surface area contributed by atoms with Gasteiger partial charge in [-0.05, 0) is 18.2 Å². The maximum absolute atomic E-state index is 12.8. The molecule has 0 fully saturated rings. The van der Waals surface area contributed by atoms with E-state index in [4.69, 9.17) is 11.6 Å². The molecule has 1 aromatic heterocycles. The number of rotatable bonds is 4. The Hall–Kier alpha value is -2.24. The van der Waals surface area contributed by atoms with Crippen LogP contribution in [0, 0.1) is 0 Å². The SMILES string of the molecule is O=C(NNS(=O)(=O)c1ccc(Cl)c(C(F)(F)F)c1)c1cnccn1. The van der Waals surface area contributed by atoms with Crippen molar-refractivity contribution >= 4 is 27.5 Å². The van der Waals surface area contributed by atoms with E-state index in [0.717, 1.165) is 18.3 Å². The molecule has 0 radical (unpaired) electrons. The van der Waals surface area contributed by atoms with Crippen LogP contribution in [-0.2, 0) is 16.2 Å². The van der Waals surface area contributed by atoms with Crippen molar-refractivity contribution in [2.45, 2.75) is 11.1 Å². The van der Waals surface area contributed by atoms with Gasteiger partial charge in [0, 0.05) is 12.4 Å². The fourth-order valence-electron chi connectivity index (χ4n) is 1.54. The van der Waals surface area contributed by atoms with Crippen molar-refractivity contribution in [2.24, 2.45) is 0 Å². The van der Waals surface area contributed by atoms with Crippen LogP contribution in [0.15, 0.2) is 41.7 Å². The van der Waals surface area contributed by atoms with E-state index in [1.54, 1.807) is 4.83 Å². The average molecular weight is 381 g/mol. The summed E-state index contributed by atoms with van der Waals surface area (Å²) in [6.07, 6.45) is -1.25. The number of amides is 1. The number of carbonyl (C=O) groups is 1. The molecule has 2 aromatic rings. The minimum Gasteiger partial charge on any atom is -0.272 e. The molecule has 0 aliphatic carbocycles. The Labute approximate surface area is 138 Å². The van der Waals surface area contributed by atoms with Gasteiger partial charge in [-0.1, -0.05) is 11.6 Å². The van der Waals surface area contributed by atoms with Crippen molar-refractivity contribution in [2.75, 3.05) is 0 Å². The summed E-state index contributed by atoms with van der Waals surface area (Å²) in [6, 6.07) is 2.02. The molecule has 128 valence electrons. The zero-order valence-corrected chi connectivity index (χ0v) is 13.1. The molecular formula is C12H8ClF3N4O3S. The van der Waals surface area contributed by atoms with Crippen molar-refractivity contribution < 1.29 is 26.4 Å². The van der Waals surface area contributed by atoms with Gasteiger partial charge in [0.1, 0.15) is 5.69 Å². The van der Waals surface area contributed by atoms with Gasteiger partial charge in [0.05, 0.1) is 21.7 Å². The standard InChI is InChI=1S/C12H8ClF3N4O3S/c13-9-2-1-7(5-8(9)12(14,15)16)24(22,23)20-19-11(21)10-6-17-3-4-18-10/h1-6,20H,(H,19,21). The summed E-state index contributed by atoms with van der Waals surface area (Å²) in [5.41, 5.74) is 0.317. The molecule has 1 aromatic carbocycles. The lowest BCUT2D eigenvalue weighted by atomic mass is 10.2. The number of aromatic nitrogens is 2. The molecule has 1 heterocycles. The number of hydrogen-bond acceptors (Lipinski definition) is 5. The minimum absolute atomic E-state index is 0.188. The molecule has 1 amide bonds. The molecule has 0 saturated carbocycles. The fraction of sp³-hybridized carbons (Fsp3) is 0.0833. The Morgan fingerprint density at radius 3 is 2.50 bits per heavy atom. The average Bonchev–Trinajstić information content (AvgIpc) is 2.52. The Bertz CT molecular complexity index is 860. The number of benzene rings is 1. The zero-order valence-electron chi connectivity index (χ0n) is 11.5. The van der Waals surface area contributed by atoms with Crippen LogP contribution in [0.1, 0.15) is 16.1 Å². The summed E-state index contributed by atoms with van der Waals surface area (Å²) < 4.78 is 62.3. The maximum atomic E-state index is 12.8. The minimum atomic E-state index is -4.83. The molecule has 0 saturated heterocycles. The molecular weight excluding hydrogens is 373 g/mol. The number of hydrazine groups is 1. The third-order valence-corrected chi connectivity index (χ3v) is 4.22. The van der Waals surface area contributed by atoms with Gasteiger partial charge in [-0.15, -0.1) is 4.83 Å². The molecule has 12 heteroatoms. The van der Waals surface area contributed by atoms with Crippen molar-refractivity contribution in [3.05, 3.63) is 53.1 Å². The highest BCUT2D eigenvalue weighted by atomic mass is 35.5. The lowest BCUT2D eigenvalue weighted by Gasteiger charge is -2.12.